The Balaban J connectivity index is 0.000000108. The fraction of sp³-hybridized carbons (Fsp3) is 0.0207. The topological polar surface area (TPSA) is 0 Å². The molecule has 0 N–H and O–H groups in total. The van der Waals surface area contributed by atoms with Crippen LogP contribution >= 0.6 is 0 Å². The molecule has 0 fully saturated rings. The summed E-state index contributed by atoms with van der Waals surface area (Å²) < 4.78 is 38.1. The fourth-order valence-electron chi connectivity index (χ4n) is 24.5. The highest BCUT2D eigenvalue weighted by molar-refractivity contribution is 6.31. The zero-order valence-electron chi connectivity index (χ0n) is 84.0. The second-order valence-corrected chi connectivity index (χ2v) is 39.4. The summed E-state index contributed by atoms with van der Waals surface area (Å²) >= 11 is 0. The Morgan fingerprint density at radius 1 is 0.124 bits per heavy atom. The van der Waals surface area contributed by atoms with Gasteiger partial charge in [-0.25, -0.2) is 0 Å². The maximum Gasteiger partial charge on any atom is 0.0629 e. The Morgan fingerprint density at radius 3 is 0.759 bits per heavy atom. The van der Waals surface area contributed by atoms with E-state index in [1.165, 1.54) is 218 Å². The van der Waals surface area contributed by atoms with Crippen molar-refractivity contribution in [2.24, 2.45) is 0 Å². The minimum atomic E-state index is -0.254. The second kappa shape index (κ2) is 34.5. The molecule has 1 aliphatic carbocycles. The second-order valence-electron chi connectivity index (χ2n) is 39.4. The van der Waals surface area contributed by atoms with Crippen LogP contribution in [0.4, 0.5) is 0 Å². The van der Waals surface area contributed by atoms with Crippen molar-refractivity contribution in [3.05, 3.63) is 545 Å². The van der Waals surface area contributed by atoms with E-state index >= 15 is 0 Å². The summed E-state index contributed by atoms with van der Waals surface area (Å²) in [6.07, 6.45) is 0. The highest BCUT2D eigenvalue weighted by Crippen LogP contribution is 2.55. The number of fused-ring (bicyclic) bond motifs is 24. The van der Waals surface area contributed by atoms with Crippen molar-refractivity contribution < 1.29 is 5.48 Å². The quantitative estimate of drug-likeness (QED) is 0.0998. The summed E-state index contributed by atoms with van der Waals surface area (Å²) in [5.41, 5.74) is 23.9. The maximum atomic E-state index is 9.57. The van der Waals surface area contributed by atoms with Crippen LogP contribution in [-0.2, 0) is 5.41 Å². The Labute approximate surface area is 847 Å². The van der Waals surface area contributed by atoms with Crippen molar-refractivity contribution >= 4 is 172 Å². The molecule has 0 saturated carbocycles. The van der Waals surface area contributed by atoms with E-state index in [1.807, 2.05) is 30.3 Å². The Bertz CT molecular complexity index is 10500. The first-order valence-electron chi connectivity index (χ1n) is 52.3. The number of benzene rings is 29. The predicted molar refractivity (Wildman–Crippen MR) is 626 cm³/mol. The Kier molecular flexibility index (Phi) is 19.1. The van der Waals surface area contributed by atoms with Crippen molar-refractivity contribution in [3.8, 4) is 111 Å². The summed E-state index contributed by atoms with van der Waals surface area (Å²) in [7, 11) is 0. The van der Waals surface area contributed by atoms with Crippen LogP contribution in [0.2, 0.25) is 0 Å². The Hall–Kier alpha value is -18.5. The Morgan fingerprint density at radius 2 is 0.366 bits per heavy atom. The molecule has 0 heteroatoms. The molecule has 30 rings (SSSR count). The van der Waals surface area contributed by atoms with Gasteiger partial charge in [-0.05, 0) is 343 Å². The lowest BCUT2D eigenvalue weighted by Gasteiger charge is -2.22. The first-order chi connectivity index (χ1) is 73.4. The molecule has 0 unspecified atom stereocenters. The van der Waals surface area contributed by atoms with E-state index in [-0.39, 0.29) is 29.6 Å². The average molecular weight is 1840 g/mol. The number of hydrogen-bond donors (Lipinski definition) is 0. The van der Waals surface area contributed by atoms with E-state index in [9.17, 15) is 5.48 Å². The number of rotatable bonds is 9. The van der Waals surface area contributed by atoms with Gasteiger partial charge in [0.05, 0.1) is 5.48 Å². The van der Waals surface area contributed by atoms with Crippen molar-refractivity contribution in [2.45, 2.75) is 19.3 Å². The summed E-state index contributed by atoms with van der Waals surface area (Å²) in [5.74, 6) is 0. The zero-order valence-corrected chi connectivity index (χ0v) is 80.0. The van der Waals surface area contributed by atoms with E-state index in [0.717, 1.165) is 60.1 Å². The molecule has 145 heavy (non-hydrogen) atoms. The largest absolute Gasteiger partial charge is 0.0629 e. The molecule has 0 nitrogen and oxygen atoms in total. The van der Waals surface area contributed by atoms with Gasteiger partial charge in [-0.3, -0.25) is 0 Å². The molecule has 674 valence electrons. The predicted octanol–water partition coefficient (Wildman–Crippen LogP) is 40.8. The van der Waals surface area contributed by atoms with E-state index in [2.05, 4.69) is 493 Å². The minimum Gasteiger partial charge on any atom is -0.0619 e. The van der Waals surface area contributed by atoms with Gasteiger partial charge in [0.1, 0.15) is 0 Å². The van der Waals surface area contributed by atoms with Gasteiger partial charge >= 0.3 is 0 Å². The monoisotopic (exact) mass is 1840 g/mol. The molecule has 0 aliphatic heterocycles. The first kappa shape index (κ1) is 80.4. The van der Waals surface area contributed by atoms with Crippen molar-refractivity contribution in [3.63, 3.8) is 0 Å². The molecule has 0 saturated heterocycles. The van der Waals surface area contributed by atoms with E-state index < -0.39 is 0 Å². The SMILES string of the molecule is [2H]c1c([2H])c(-c2c3ccccc3c(-c3cc4ccccc4c4ccccc34)c3ccccc23)c([2H])c([2H])c1-c1ccc2c(c1)C(C)(C)c1ccccc1-2.c1cc(-c2c3ccccc3c(-c3cc4ccccc4c4ccccc34)c3ccccc23)cc(-c2cc3ccccc3c3ccccc23)c1.c1cc(-c2ccc3ccc4ccccc4c3c2)cc(-c2c3ccccc3c(-c3cc4ccccc4c4ccccc34)c3ccccc23)c1. The normalized spacial score (nSPS) is 12.6. The summed E-state index contributed by atoms with van der Waals surface area (Å²) in [6.45, 7) is 4.42. The molecule has 0 radical (unpaired) electrons. The number of hydrogen-bond acceptors (Lipinski definition) is 0. The van der Waals surface area contributed by atoms with Crippen molar-refractivity contribution in [2.75, 3.05) is 0 Å². The molecule has 0 aromatic heterocycles. The van der Waals surface area contributed by atoms with E-state index in [1.54, 1.807) is 0 Å². The van der Waals surface area contributed by atoms with Gasteiger partial charge in [0.2, 0.25) is 0 Å². The third-order valence-corrected chi connectivity index (χ3v) is 31.1. The molecule has 0 bridgehead atoms. The highest BCUT2D eigenvalue weighted by Gasteiger charge is 2.36. The third-order valence-electron chi connectivity index (χ3n) is 31.1. The molecule has 1 aliphatic rings. The molecular formula is C145H94. The van der Waals surface area contributed by atoms with Crippen molar-refractivity contribution in [1.82, 2.24) is 0 Å². The average Bonchev–Trinajstić information content (AvgIpc) is 1.48. The van der Waals surface area contributed by atoms with Gasteiger partial charge in [0, 0.05) is 5.41 Å². The van der Waals surface area contributed by atoms with Crippen LogP contribution in [0.3, 0.4) is 0 Å². The van der Waals surface area contributed by atoms with Gasteiger partial charge in [-0.1, -0.05) is 499 Å². The van der Waals surface area contributed by atoms with Crippen LogP contribution in [-0.4, -0.2) is 0 Å². The van der Waals surface area contributed by atoms with Crippen LogP contribution in [0.15, 0.2) is 534 Å². The molecule has 0 spiro atoms. The summed E-state index contributed by atoms with van der Waals surface area (Å²) in [5, 5.41) is 39.2. The lowest BCUT2D eigenvalue weighted by molar-refractivity contribution is 0.660. The molecule has 0 heterocycles. The fourth-order valence-corrected chi connectivity index (χ4v) is 24.5. The lowest BCUT2D eigenvalue weighted by atomic mass is 9.81. The smallest absolute Gasteiger partial charge is 0.0619 e. The molecule has 0 atom stereocenters. The van der Waals surface area contributed by atoms with Gasteiger partial charge in [0.25, 0.3) is 0 Å². The summed E-state index contributed by atoms with van der Waals surface area (Å²) in [4.78, 5) is 0. The van der Waals surface area contributed by atoms with Gasteiger partial charge < -0.3 is 0 Å². The van der Waals surface area contributed by atoms with E-state index in [4.69, 9.17) is 0 Å². The van der Waals surface area contributed by atoms with Gasteiger partial charge in [-0.15, -0.1) is 0 Å². The highest BCUT2D eigenvalue weighted by atomic mass is 14.4. The van der Waals surface area contributed by atoms with Crippen molar-refractivity contribution in [1.29, 1.82) is 0 Å². The van der Waals surface area contributed by atoms with Crippen LogP contribution in [0.5, 0.6) is 0 Å². The molecular weight excluding hydrogens is 1740 g/mol. The van der Waals surface area contributed by atoms with Gasteiger partial charge in [0.15, 0.2) is 0 Å². The van der Waals surface area contributed by atoms with Crippen LogP contribution in [0.1, 0.15) is 30.5 Å². The third kappa shape index (κ3) is 14.0. The standard InChI is InChI=1S/C49H34.2C48H30/c1-49(2)45-22-12-11-17-38(45)39-28-27-33(30-46(39)49)31-23-25-32(26-24-31)47-40-18-7-9-20-42(40)48(43-21-10-8-19-41(43)47)44-29-34-13-3-4-14-35(34)36-15-5-6-16-37(36)44;1-3-18-35-32(14-1)29-45(39-22-7-5-20-37(35)39)31-16-13-17-34(28-31)47-41-24-9-11-26-43(41)48(44-27-12-10-25-42(44)47)46-30-33-15-2-4-19-36(33)38-21-6-8-23-40(38)46;1-3-16-37-31(12-1)24-25-32-26-27-34(29-45(32)37)33-14-11-15-36(28-33)47-41-20-7-9-22-43(41)48(44-23-10-8-21-42(44)47)46-30-35-13-2-4-17-38(35)39-18-5-6-19-40(39)46/h3-30H,1-2H3;2*1-30H/i23D,24D,25D,26D;;. The van der Waals surface area contributed by atoms with Gasteiger partial charge in [-0.2, -0.15) is 0 Å². The van der Waals surface area contributed by atoms with Crippen LogP contribution in [0, 0.1) is 0 Å². The first-order valence-corrected chi connectivity index (χ1v) is 50.3. The van der Waals surface area contributed by atoms with Crippen LogP contribution in [0.25, 0.3) is 284 Å². The maximum absolute atomic E-state index is 9.57. The molecule has 29 aromatic rings. The van der Waals surface area contributed by atoms with E-state index in [0.29, 0.717) is 16.7 Å². The zero-order chi connectivity index (χ0) is 99.4. The molecule has 0 amide bonds. The lowest BCUT2D eigenvalue weighted by Crippen LogP contribution is -2.14. The minimum absolute atomic E-state index is 0.0352. The summed E-state index contributed by atoms with van der Waals surface area (Å²) in [6, 6.07) is 184. The van der Waals surface area contributed by atoms with Crippen LogP contribution < -0.4 is 0 Å². The molecule has 29 aromatic carbocycles.